The van der Waals surface area contributed by atoms with Gasteiger partial charge in [0.2, 0.25) is 0 Å². The lowest BCUT2D eigenvalue weighted by Crippen LogP contribution is -2.27. The maximum Gasteiger partial charge on any atom is 0.412 e. The summed E-state index contributed by atoms with van der Waals surface area (Å²) in [6.07, 6.45) is -0.680. The monoisotopic (exact) mass is 266 g/mol. The molecule has 0 spiro atoms. The molecule has 1 amide bonds. The number of rotatable bonds is 3. The van der Waals surface area contributed by atoms with Gasteiger partial charge in [-0.15, -0.1) is 0 Å². The summed E-state index contributed by atoms with van der Waals surface area (Å²) < 4.78 is 23.2. The average Bonchev–Trinajstić information content (AvgIpc) is 2.27. The van der Waals surface area contributed by atoms with Crippen molar-refractivity contribution in [1.29, 1.82) is 5.26 Å². The molecule has 0 bridgehead atoms. The molecule has 0 aliphatic rings. The molecule has 5 nitrogen and oxygen atoms in total. The second-order valence-corrected chi connectivity index (χ2v) is 4.71. The minimum absolute atomic E-state index is 0.0763. The highest BCUT2D eigenvalue weighted by Gasteiger charge is 2.17. The molecule has 1 aromatic rings. The summed E-state index contributed by atoms with van der Waals surface area (Å²) in [5.74, 6) is -0.449. The fourth-order valence-electron chi connectivity index (χ4n) is 1.24. The molecule has 0 heterocycles. The second-order valence-electron chi connectivity index (χ2n) is 4.71. The zero-order chi connectivity index (χ0) is 14.5. The molecule has 19 heavy (non-hydrogen) atoms. The Morgan fingerprint density at radius 1 is 1.47 bits per heavy atom. The van der Waals surface area contributed by atoms with Crippen molar-refractivity contribution >= 4 is 11.8 Å². The number of nitriles is 1. The zero-order valence-corrected chi connectivity index (χ0v) is 11.0. The van der Waals surface area contributed by atoms with E-state index in [1.807, 2.05) is 0 Å². The summed E-state index contributed by atoms with van der Waals surface area (Å²) in [6.45, 7) is 4.94. The Bertz CT molecular complexity index is 504. The highest BCUT2D eigenvalue weighted by atomic mass is 19.1. The van der Waals surface area contributed by atoms with E-state index < -0.39 is 17.5 Å². The SMILES string of the molecule is CC(C)(C)OC(=O)Nc1ccc(F)cc1OCC#N. The van der Waals surface area contributed by atoms with Gasteiger partial charge in [-0.25, -0.2) is 9.18 Å². The first kappa shape index (κ1) is 14.8. The van der Waals surface area contributed by atoms with Crippen molar-refractivity contribution in [3.63, 3.8) is 0 Å². The topological polar surface area (TPSA) is 71.3 Å². The van der Waals surface area contributed by atoms with Gasteiger partial charge in [-0.3, -0.25) is 5.32 Å². The molecular weight excluding hydrogens is 251 g/mol. The molecule has 6 heteroatoms. The predicted octanol–water partition coefficient (Wildman–Crippen LogP) is 3.08. The maximum atomic E-state index is 13.1. The smallest absolute Gasteiger partial charge is 0.412 e. The van der Waals surface area contributed by atoms with Gasteiger partial charge in [-0.05, 0) is 32.9 Å². The molecule has 102 valence electrons. The van der Waals surface area contributed by atoms with Crippen LogP contribution in [-0.4, -0.2) is 18.3 Å². The fourth-order valence-corrected chi connectivity index (χ4v) is 1.24. The van der Waals surface area contributed by atoms with E-state index in [1.54, 1.807) is 26.8 Å². The number of carbonyl (C=O) groups excluding carboxylic acids is 1. The van der Waals surface area contributed by atoms with Crippen molar-refractivity contribution in [2.45, 2.75) is 26.4 Å². The van der Waals surface area contributed by atoms with Gasteiger partial charge in [0.15, 0.2) is 6.61 Å². The van der Waals surface area contributed by atoms with Gasteiger partial charge in [0, 0.05) is 6.07 Å². The van der Waals surface area contributed by atoms with E-state index in [0.29, 0.717) is 0 Å². The van der Waals surface area contributed by atoms with E-state index in [4.69, 9.17) is 14.7 Å². The van der Waals surface area contributed by atoms with Crippen LogP contribution in [0.1, 0.15) is 20.8 Å². The number of amides is 1. The Kier molecular flexibility index (Phi) is 4.70. The van der Waals surface area contributed by atoms with Gasteiger partial charge in [0.25, 0.3) is 0 Å². The molecule has 0 saturated carbocycles. The number of nitrogens with one attached hydrogen (secondary N) is 1. The number of hydrogen-bond donors (Lipinski definition) is 1. The minimum atomic E-state index is -0.680. The van der Waals surface area contributed by atoms with Crippen LogP contribution in [0.5, 0.6) is 5.75 Å². The van der Waals surface area contributed by atoms with Gasteiger partial charge in [0.05, 0.1) is 5.69 Å². The van der Waals surface area contributed by atoms with Crippen LogP contribution in [0.4, 0.5) is 14.9 Å². The average molecular weight is 266 g/mol. The van der Waals surface area contributed by atoms with Gasteiger partial charge in [-0.2, -0.15) is 5.26 Å². The van der Waals surface area contributed by atoms with Gasteiger partial charge < -0.3 is 9.47 Å². The Labute approximate surface area is 110 Å². The van der Waals surface area contributed by atoms with Crippen molar-refractivity contribution in [2.75, 3.05) is 11.9 Å². The van der Waals surface area contributed by atoms with Crippen molar-refractivity contribution in [1.82, 2.24) is 0 Å². The van der Waals surface area contributed by atoms with Crippen LogP contribution in [0.2, 0.25) is 0 Å². The van der Waals surface area contributed by atoms with Crippen LogP contribution < -0.4 is 10.1 Å². The number of carbonyl (C=O) groups is 1. The zero-order valence-electron chi connectivity index (χ0n) is 11.0. The third kappa shape index (κ3) is 5.25. The van der Waals surface area contributed by atoms with Gasteiger partial charge >= 0.3 is 6.09 Å². The lowest BCUT2D eigenvalue weighted by molar-refractivity contribution is 0.0635. The molecule has 0 aliphatic carbocycles. The normalized spacial score (nSPS) is 10.5. The van der Waals surface area contributed by atoms with E-state index in [2.05, 4.69) is 5.32 Å². The van der Waals surface area contributed by atoms with E-state index in [-0.39, 0.29) is 18.0 Å². The summed E-state index contributed by atoms with van der Waals surface area (Å²) >= 11 is 0. The summed E-state index contributed by atoms with van der Waals surface area (Å²) in [6, 6.07) is 5.36. The first-order valence-electron chi connectivity index (χ1n) is 5.61. The Morgan fingerprint density at radius 3 is 2.74 bits per heavy atom. The van der Waals surface area contributed by atoms with Crippen molar-refractivity contribution < 1.29 is 18.7 Å². The van der Waals surface area contributed by atoms with E-state index in [0.717, 1.165) is 6.07 Å². The molecule has 0 unspecified atom stereocenters. The van der Waals surface area contributed by atoms with E-state index in [9.17, 15) is 9.18 Å². The van der Waals surface area contributed by atoms with Gasteiger partial charge in [-0.1, -0.05) is 0 Å². The van der Waals surface area contributed by atoms with Crippen molar-refractivity contribution in [3.05, 3.63) is 24.0 Å². The molecule has 0 atom stereocenters. The number of anilines is 1. The number of ether oxygens (including phenoxy) is 2. The Balaban J connectivity index is 2.82. The maximum absolute atomic E-state index is 13.1. The van der Waals surface area contributed by atoms with Gasteiger partial charge in [0.1, 0.15) is 23.2 Å². The van der Waals surface area contributed by atoms with Crippen molar-refractivity contribution in [3.8, 4) is 11.8 Å². The Morgan fingerprint density at radius 2 is 2.16 bits per heavy atom. The third-order valence-electron chi connectivity index (χ3n) is 1.87. The number of hydrogen-bond acceptors (Lipinski definition) is 4. The highest BCUT2D eigenvalue weighted by molar-refractivity contribution is 5.86. The van der Waals surface area contributed by atoms with Crippen LogP contribution in [0.25, 0.3) is 0 Å². The molecule has 0 aliphatic heterocycles. The molecule has 0 radical (unpaired) electrons. The van der Waals surface area contributed by atoms with Crippen LogP contribution >= 0.6 is 0 Å². The third-order valence-corrected chi connectivity index (χ3v) is 1.87. The van der Waals surface area contributed by atoms with E-state index in [1.165, 1.54) is 12.1 Å². The Hall–Kier alpha value is -2.29. The first-order chi connectivity index (χ1) is 8.81. The second kappa shape index (κ2) is 6.05. The quantitative estimate of drug-likeness (QED) is 0.912. The van der Waals surface area contributed by atoms with E-state index >= 15 is 0 Å². The van der Waals surface area contributed by atoms with Crippen LogP contribution in [0, 0.1) is 17.1 Å². The summed E-state index contributed by atoms with van der Waals surface area (Å²) in [4.78, 5) is 11.6. The molecule has 0 fully saturated rings. The number of benzene rings is 1. The molecule has 1 N–H and O–H groups in total. The molecular formula is C13H15FN2O3. The first-order valence-corrected chi connectivity index (χ1v) is 5.61. The summed E-state index contributed by atoms with van der Waals surface area (Å²) in [7, 11) is 0. The molecule has 0 aromatic heterocycles. The van der Waals surface area contributed by atoms with Crippen LogP contribution in [0.3, 0.4) is 0 Å². The highest BCUT2D eigenvalue weighted by Crippen LogP contribution is 2.26. The lowest BCUT2D eigenvalue weighted by Gasteiger charge is -2.20. The number of nitrogens with zero attached hydrogens (tertiary/aromatic N) is 1. The molecule has 0 saturated heterocycles. The van der Waals surface area contributed by atoms with Crippen molar-refractivity contribution in [2.24, 2.45) is 0 Å². The van der Waals surface area contributed by atoms with Crippen LogP contribution in [-0.2, 0) is 4.74 Å². The lowest BCUT2D eigenvalue weighted by atomic mass is 10.2. The summed E-state index contributed by atoms with van der Waals surface area (Å²) in [5, 5.41) is 10.9. The largest absolute Gasteiger partial charge is 0.476 e. The minimum Gasteiger partial charge on any atom is -0.476 e. The standard InChI is InChI=1S/C13H15FN2O3/c1-13(2,3)19-12(17)16-10-5-4-9(14)8-11(10)18-7-6-15/h4-5,8H,7H2,1-3H3,(H,16,17). The predicted molar refractivity (Wildman–Crippen MR) is 67.4 cm³/mol. The molecule has 1 aromatic carbocycles. The fraction of sp³-hybridized carbons (Fsp3) is 0.385. The summed E-state index contributed by atoms with van der Waals surface area (Å²) in [5.41, 5.74) is -0.400. The van der Waals surface area contributed by atoms with Crippen LogP contribution in [0.15, 0.2) is 18.2 Å². The number of halogens is 1. The molecule has 1 rings (SSSR count).